The largest absolute Gasteiger partial charge is 0.352 e. The van der Waals surface area contributed by atoms with Crippen molar-refractivity contribution in [2.45, 2.75) is 6.42 Å². The van der Waals surface area contributed by atoms with Gasteiger partial charge in [-0.15, -0.1) is 0 Å². The molecule has 36 heavy (non-hydrogen) atoms. The van der Waals surface area contributed by atoms with Crippen LogP contribution in [0, 0.1) is 0 Å². The summed E-state index contributed by atoms with van der Waals surface area (Å²) in [6.45, 7) is 0.515. The molecule has 0 saturated carbocycles. The lowest BCUT2D eigenvalue weighted by atomic mass is 10.0. The maximum Gasteiger partial charge on any atom is 0.253 e. The molecule has 0 unspecified atom stereocenters. The van der Waals surface area contributed by atoms with E-state index in [0.717, 1.165) is 28.3 Å². The van der Waals surface area contributed by atoms with E-state index in [1.807, 2.05) is 78.9 Å². The van der Waals surface area contributed by atoms with E-state index in [4.69, 9.17) is 12.2 Å². The third kappa shape index (κ3) is 6.23. The Bertz CT molecular complexity index is 1410. The van der Waals surface area contributed by atoms with Crippen molar-refractivity contribution in [3.05, 3.63) is 120 Å². The van der Waals surface area contributed by atoms with E-state index < -0.39 is 0 Å². The summed E-state index contributed by atoms with van der Waals surface area (Å²) in [5, 5.41) is 8.07. The molecule has 0 aliphatic rings. The SMILES string of the molecule is CN(C(=S)NC(=O)/C=C/c1cccc2ccccc12)c1ccccc1C(=O)NCCc1ccccc1. The number of anilines is 1. The standard InChI is InChI=1S/C30H27N3O2S/c1-33(27-17-8-7-16-26(27)29(35)31-21-20-22-10-3-2-4-11-22)30(36)32-28(34)19-18-24-14-9-13-23-12-5-6-15-25(23)24/h2-19H,20-21H2,1H3,(H,31,35)(H,32,34,36)/b19-18+. The first-order valence-electron chi connectivity index (χ1n) is 11.7. The molecule has 0 aliphatic heterocycles. The molecule has 0 fully saturated rings. The minimum absolute atomic E-state index is 0.196. The predicted octanol–water partition coefficient (Wildman–Crippen LogP) is 5.36. The molecule has 0 aliphatic carbocycles. The van der Waals surface area contributed by atoms with Crippen LogP contribution in [0.25, 0.3) is 16.8 Å². The minimum atomic E-state index is -0.343. The second-order valence-electron chi connectivity index (χ2n) is 8.26. The van der Waals surface area contributed by atoms with Gasteiger partial charge in [0.05, 0.1) is 11.3 Å². The van der Waals surface area contributed by atoms with Crippen molar-refractivity contribution in [1.82, 2.24) is 10.6 Å². The van der Waals surface area contributed by atoms with Crippen LogP contribution in [0.4, 0.5) is 5.69 Å². The molecule has 0 aromatic heterocycles. The maximum atomic E-state index is 12.9. The third-order valence-electron chi connectivity index (χ3n) is 5.82. The summed E-state index contributed by atoms with van der Waals surface area (Å²) in [5.74, 6) is -0.539. The second-order valence-corrected chi connectivity index (χ2v) is 8.65. The van der Waals surface area contributed by atoms with Crippen LogP contribution in [0.5, 0.6) is 0 Å². The number of hydrogen-bond acceptors (Lipinski definition) is 3. The van der Waals surface area contributed by atoms with Crippen LogP contribution in [0.3, 0.4) is 0 Å². The Morgan fingerprint density at radius 1 is 0.861 bits per heavy atom. The van der Waals surface area contributed by atoms with Gasteiger partial charge in [0, 0.05) is 19.7 Å². The lowest BCUT2D eigenvalue weighted by molar-refractivity contribution is -0.115. The molecule has 4 aromatic rings. The monoisotopic (exact) mass is 493 g/mol. The zero-order valence-corrected chi connectivity index (χ0v) is 20.8. The molecule has 0 bridgehead atoms. The summed E-state index contributed by atoms with van der Waals surface area (Å²) in [6, 6.07) is 31.1. The van der Waals surface area contributed by atoms with Crippen LogP contribution in [0.15, 0.2) is 103 Å². The Morgan fingerprint density at radius 3 is 2.39 bits per heavy atom. The van der Waals surface area contributed by atoms with Gasteiger partial charge in [-0.2, -0.15) is 0 Å². The minimum Gasteiger partial charge on any atom is -0.352 e. The predicted molar refractivity (Wildman–Crippen MR) is 151 cm³/mol. The van der Waals surface area contributed by atoms with E-state index in [-0.39, 0.29) is 16.9 Å². The smallest absolute Gasteiger partial charge is 0.253 e. The molecule has 180 valence electrons. The molecule has 4 rings (SSSR count). The van der Waals surface area contributed by atoms with E-state index >= 15 is 0 Å². The highest BCUT2D eigenvalue weighted by Gasteiger charge is 2.17. The van der Waals surface area contributed by atoms with Crippen molar-refractivity contribution in [3.8, 4) is 0 Å². The van der Waals surface area contributed by atoms with E-state index in [2.05, 4.69) is 10.6 Å². The number of nitrogens with one attached hydrogen (secondary N) is 2. The molecule has 5 nitrogen and oxygen atoms in total. The average molecular weight is 494 g/mol. The zero-order valence-electron chi connectivity index (χ0n) is 20.0. The van der Waals surface area contributed by atoms with Gasteiger partial charge in [-0.05, 0) is 58.7 Å². The van der Waals surface area contributed by atoms with Crippen LogP contribution in [0.1, 0.15) is 21.5 Å². The maximum absolute atomic E-state index is 12.9. The summed E-state index contributed by atoms with van der Waals surface area (Å²) in [7, 11) is 1.73. The number of nitrogens with zero attached hydrogens (tertiary/aromatic N) is 1. The highest BCUT2D eigenvalue weighted by Crippen LogP contribution is 2.21. The highest BCUT2D eigenvalue weighted by atomic mass is 32.1. The van der Waals surface area contributed by atoms with Gasteiger partial charge in [0.1, 0.15) is 0 Å². The van der Waals surface area contributed by atoms with Gasteiger partial charge in [-0.25, -0.2) is 0 Å². The van der Waals surface area contributed by atoms with Crippen molar-refractivity contribution in [2.24, 2.45) is 0 Å². The van der Waals surface area contributed by atoms with Crippen LogP contribution < -0.4 is 15.5 Å². The van der Waals surface area contributed by atoms with Crippen molar-refractivity contribution in [3.63, 3.8) is 0 Å². The fraction of sp³-hybridized carbons (Fsp3) is 0.100. The number of carbonyl (C=O) groups is 2. The molecule has 0 spiro atoms. The van der Waals surface area contributed by atoms with Crippen LogP contribution in [-0.4, -0.2) is 30.5 Å². The molecular formula is C30H27N3O2S. The molecule has 2 amide bonds. The molecule has 4 aromatic carbocycles. The van der Waals surface area contributed by atoms with Gasteiger partial charge in [-0.1, -0.05) is 84.9 Å². The number of rotatable bonds is 7. The number of amides is 2. The summed E-state index contributed by atoms with van der Waals surface area (Å²) in [4.78, 5) is 27.1. The molecule has 0 atom stereocenters. The molecule has 0 saturated heterocycles. The first-order chi connectivity index (χ1) is 17.5. The van der Waals surface area contributed by atoms with Gasteiger partial charge in [0.2, 0.25) is 5.91 Å². The van der Waals surface area contributed by atoms with Crippen LogP contribution in [-0.2, 0) is 11.2 Å². The van der Waals surface area contributed by atoms with Gasteiger partial charge in [0.25, 0.3) is 5.91 Å². The number of hydrogen-bond donors (Lipinski definition) is 2. The Labute approximate surface area is 216 Å². The van der Waals surface area contributed by atoms with Gasteiger partial charge in [0.15, 0.2) is 5.11 Å². The van der Waals surface area contributed by atoms with Crippen molar-refractivity contribution in [2.75, 3.05) is 18.5 Å². The number of para-hydroxylation sites is 1. The normalized spacial score (nSPS) is 10.8. The number of benzene rings is 4. The Morgan fingerprint density at radius 2 is 1.56 bits per heavy atom. The molecule has 0 radical (unpaired) electrons. The van der Waals surface area contributed by atoms with E-state index in [1.165, 1.54) is 6.08 Å². The lowest BCUT2D eigenvalue weighted by Crippen LogP contribution is -2.41. The topological polar surface area (TPSA) is 61.4 Å². The molecule has 0 heterocycles. The van der Waals surface area contributed by atoms with Crippen molar-refractivity contribution in [1.29, 1.82) is 0 Å². The second kappa shape index (κ2) is 11.9. The van der Waals surface area contributed by atoms with Crippen LogP contribution >= 0.6 is 12.2 Å². The summed E-state index contributed by atoms with van der Waals surface area (Å²) < 4.78 is 0. The molecular weight excluding hydrogens is 466 g/mol. The molecule has 2 N–H and O–H groups in total. The average Bonchev–Trinajstić information content (AvgIpc) is 2.92. The summed E-state index contributed by atoms with van der Waals surface area (Å²) in [5.41, 5.74) is 3.19. The van der Waals surface area contributed by atoms with Crippen molar-refractivity contribution >= 4 is 51.7 Å². The number of fused-ring (bicyclic) bond motifs is 1. The fourth-order valence-electron chi connectivity index (χ4n) is 3.92. The van der Waals surface area contributed by atoms with Gasteiger partial charge >= 0.3 is 0 Å². The zero-order chi connectivity index (χ0) is 25.3. The van der Waals surface area contributed by atoms with Gasteiger partial charge < -0.3 is 10.2 Å². The third-order valence-corrected chi connectivity index (χ3v) is 6.20. The summed E-state index contributed by atoms with van der Waals surface area (Å²) in [6.07, 6.45) is 3.97. The van der Waals surface area contributed by atoms with E-state index in [1.54, 1.807) is 36.2 Å². The first-order valence-corrected chi connectivity index (χ1v) is 12.1. The number of carbonyl (C=O) groups excluding carboxylic acids is 2. The van der Waals surface area contributed by atoms with E-state index in [0.29, 0.717) is 17.8 Å². The van der Waals surface area contributed by atoms with E-state index in [9.17, 15) is 9.59 Å². The number of thiocarbonyl (C=S) groups is 1. The van der Waals surface area contributed by atoms with Crippen molar-refractivity contribution < 1.29 is 9.59 Å². The first kappa shape index (κ1) is 24.8. The Balaban J connectivity index is 1.39. The van der Waals surface area contributed by atoms with Gasteiger partial charge in [-0.3, -0.25) is 14.9 Å². The van der Waals surface area contributed by atoms with Crippen LogP contribution in [0.2, 0.25) is 0 Å². The fourth-order valence-corrected chi connectivity index (χ4v) is 4.12. The lowest BCUT2D eigenvalue weighted by Gasteiger charge is -2.22. The summed E-state index contributed by atoms with van der Waals surface area (Å²) >= 11 is 5.47. The molecule has 6 heteroatoms. The quantitative estimate of drug-likeness (QED) is 0.269. The highest BCUT2D eigenvalue weighted by molar-refractivity contribution is 7.80. The Hall–Kier alpha value is -4.29. The Kier molecular flexibility index (Phi) is 8.21.